The molecule has 3 rings (SSSR count). The molecule has 0 unspecified atom stereocenters. The highest BCUT2D eigenvalue weighted by Crippen LogP contribution is 2.25. The number of carbonyl (C=O) groups excluding carboxylic acids is 2. The van der Waals surface area contributed by atoms with Gasteiger partial charge in [-0.2, -0.15) is 0 Å². The summed E-state index contributed by atoms with van der Waals surface area (Å²) < 4.78 is 5.28. The molecule has 6 nitrogen and oxygen atoms in total. The number of nitrogens with one attached hydrogen (secondary N) is 1. The van der Waals surface area contributed by atoms with E-state index in [1.807, 2.05) is 6.08 Å². The van der Waals surface area contributed by atoms with E-state index in [4.69, 9.17) is 9.84 Å². The highest BCUT2D eigenvalue weighted by molar-refractivity contribution is 6.04. The van der Waals surface area contributed by atoms with Crippen LogP contribution in [0, 0.1) is 0 Å². The Hall–Kier alpha value is -2.99. The summed E-state index contributed by atoms with van der Waals surface area (Å²) in [6, 6.07) is 8.46. The Morgan fingerprint density at radius 1 is 1.22 bits per heavy atom. The average Bonchev–Trinajstić information content (AvgIpc) is 2.89. The number of amides is 1. The lowest BCUT2D eigenvalue weighted by atomic mass is 10.1. The third kappa shape index (κ3) is 4.80. The molecule has 0 saturated heterocycles. The summed E-state index contributed by atoms with van der Waals surface area (Å²) in [6.45, 7) is 1.72. The van der Waals surface area contributed by atoms with E-state index >= 15 is 0 Å². The summed E-state index contributed by atoms with van der Waals surface area (Å²) >= 11 is 0. The second kappa shape index (κ2) is 8.60. The molecule has 0 bridgehead atoms. The molecule has 0 saturated carbocycles. The number of ketones is 1. The molecule has 0 spiro atoms. The Morgan fingerprint density at radius 2 is 2.00 bits per heavy atom. The maximum atomic E-state index is 12.4. The van der Waals surface area contributed by atoms with Crippen molar-refractivity contribution in [1.29, 1.82) is 0 Å². The summed E-state index contributed by atoms with van der Waals surface area (Å²) in [5.74, 6) is 0.834. The Bertz CT molecular complexity index is 872. The summed E-state index contributed by atoms with van der Waals surface area (Å²) in [7, 11) is 0. The quantitative estimate of drug-likeness (QED) is 0.820. The molecule has 0 radical (unpaired) electrons. The molecule has 2 N–H and O–H groups in total. The number of fused-ring (bicyclic) bond motifs is 1. The van der Waals surface area contributed by atoms with Crippen LogP contribution in [0.5, 0.6) is 5.75 Å². The van der Waals surface area contributed by atoms with Gasteiger partial charge >= 0.3 is 0 Å². The van der Waals surface area contributed by atoms with Crippen molar-refractivity contribution in [2.75, 3.05) is 18.5 Å². The van der Waals surface area contributed by atoms with Crippen LogP contribution in [0.4, 0.5) is 5.82 Å². The largest absolute Gasteiger partial charge is 0.491 e. The van der Waals surface area contributed by atoms with Crippen molar-refractivity contribution >= 4 is 23.6 Å². The number of anilines is 1. The lowest BCUT2D eigenvalue weighted by molar-refractivity contribution is -0.113. The van der Waals surface area contributed by atoms with E-state index in [-0.39, 0.29) is 24.9 Å². The molecule has 2 aromatic rings. The molecular weight excluding hydrogens is 344 g/mol. The van der Waals surface area contributed by atoms with Crippen molar-refractivity contribution in [2.24, 2.45) is 0 Å². The third-order valence-electron chi connectivity index (χ3n) is 4.41. The molecule has 1 amide bonds. The van der Waals surface area contributed by atoms with Crippen LogP contribution in [-0.2, 0) is 11.2 Å². The third-order valence-corrected chi connectivity index (χ3v) is 4.41. The number of pyridine rings is 1. The van der Waals surface area contributed by atoms with Crippen LogP contribution in [0.25, 0.3) is 6.08 Å². The van der Waals surface area contributed by atoms with E-state index < -0.39 is 0 Å². The lowest BCUT2D eigenvalue weighted by Gasteiger charge is -2.09. The number of benzene rings is 1. The minimum absolute atomic E-state index is 0.0635. The maximum absolute atomic E-state index is 12.4. The number of aliphatic hydroxyl groups is 1. The molecule has 1 aliphatic carbocycles. The normalized spacial score (nSPS) is 13.2. The zero-order valence-corrected chi connectivity index (χ0v) is 15.2. The number of nitrogens with zero attached hydrogens (tertiary/aromatic N) is 1. The predicted molar refractivity (Wildman–Crippen MR) is 103 cm³/mol. The fraction of sp³-hybridized carbons (Fsp3) is 0.286. The monoisotopic (exact) mass is 366 g/mol. The van der Waals surface area contributed by atoms with Crippen LogP contribution in [0.1, 0.15) is 41.3 Å². The molecule has 6 heteroatoms. The van der Waals surface area contributed by atoms with Crippen LogP contribution in [0.3, 0.4) is 0 Å². The summed E-state index contributed by atoms with van der Waals surface area (Å²) in [4.78, 5) is 28.5. The molecule has 0 aliphatic heterocycles. The van der Waals surface area contributed by atoms with Gasteiger partial charge in [-0.15, -0.1) is 0 Å². The van der Waals surface area contributed by atoms with Gasteiger partial charge < -0.3 is 15.2 Å². The predicted octanol–water partition coefficient (Wildman–Crippen LogP) is 3.01. The Balaban J connectivity index is 1.75. The van der Waals surface area contributed by atoms with Crippen molar-refractivity contribution in [2.45, 2.75) is 26.2 Å². The van der Waals surface area contributed by atoms with Crippen LogP contribution in [0.2, 0.25) is 0 Å². The van der Waals surface area contributed by atoms with Gasteiger partial charge in [-0.25, -0.2) is 4.98 Å². The van der Waals surface area contributed by atoms with E-state index in [0.29, 0.717) is 17.1 Å². The van der Waals surface area contributed by atoms with E-state index in [0.717, 1.165) is 36.0 Å². The Morgan fingerprint density at radius 3 is 2.70 bits per heavy atom. The van der Waals surface area contributed by atoms with Crippen molar-refractivity contribution < 1.29 is 19.4 Å². The maximum Gasteiger partial charge on any atom is 0.256 e. The summed E-state index contributed by atoms with van der Waals surface area (Å²) in [5, 5.41) is 11.6. The highest BCUT2D eigenvalue weighted by Gasteiger charge is 2.14. The zero-order chi connectivity index (χ0) is 19.2. The number of aliphatic hydroxyl groups excluding tert-OH is 1. The molecular formula is C21H22N2O4. The molecule has 140 valence electrons. The number of carbonyl (C=O) groups is 2. The molecule has 1 aromatic heterocycles. The van der Waals surface area contributed by atoms with Crippen LogP contribution in [0.15, 0.2) is 42.1 Å². The average molecular weight is 366 g/mol. The first-order chi connectivity index (χ1) is 13.1. The first kappa shape index (κ1) is 18.8. The number of hydrogen-bond acceptors (Lipinski definition) is 5. The van der Waals surface area contributed by atoms with E-state index in [2.05, 4.69) is 10.3 Å². The van der Waals surface area contributed by atoms with Gasteiger partial charge in [-0.05, 0) is 79.3 Å². The molecule has 1 aliphatic rings. The van der Waals surface area contributed by atoms with Crippen molar-refractivity contribution in [1.82, 2.24) is 4.98 Å². The van der Waals surface area contributed by atoms with Gasteiger partial charge in [0.15, 0.2) is 5.78 Å². The number of rotatable bonds is 6. The number of allylic oxidation sites excluding steroid dienone is 1. The van der Waals surface area contributed by atoms with Crippen LogP contribution >= 0.6 is 0 Å². The molecule has 27 heavy (non-hydrogen) atoms. The molecule has 1 aromatic carbocycles. The van der Waals surface area contributed by atoms with Gasteiger partial charge in [0.05, 0.1) is 6.61 Å². The lowest BCUT2D eigenvalue weighted by Crippen LogP contribution is -2.13. The van der Waals surface area contributed by atoms with Gasteiger partial charge in [-0.3, -0.25) is 9.59 Å². The fourth-order valence-electron chi connectivity index (χ4n) is 2.97. The zero-order valence-electron chi connectivity index (χ0n) is 15.2. The van der Waals surface area contributed by atoms with Crippen molar-refractivity contribution in [3.8, 4) is 5.75 Å². The van der Waals surface area contributed by atoms with Gasteiger partial charge in [-0.1, -0.05) is 0 Å². The number of aromatic nitrogens is 1. The van der Waals surface area contributed by atoms with Crippen molar-refractivity contribution in [3.05, 3.63) is 58.8 Å². The minimum atomic E-state index is -0.277. The van der Waals surface area contributed by atoms with Crippen molar-refractivity contribution in [3.63, 3.8) is 0 Å². The number of Topliss-reactive ketones (excluding diaryl/α,β-unsaturated/α-hetero) is 1. The summed E-state index contributed by atoms with van der Waals surface area (Å²) in [6.07, 6.45) is 6.19. The summed E-state index contributed by atoms with van der Waals surface area (Å²) in [5.41, 5.74) is 3.28. The number of hydrogen-bond donors (Lipinski definition) is 2. The van der Waals surface area contributed by atoms with Crippen LogP contribution in [-0.4, -0.2) is 35.0 Å². The fourth-order valence-corrected chi connectivity index (χ4v) is 2.97. The molecule has 0 atom stereocenters. The van der Waals surface area contributed by atoms with Gasteiger partial charge in [0.1, 0.15) is 18.2 Å². The van der Waals surface area contributed by atoms with E-state index in [1.165, 1.54) is 0 Å². The Labute approximate surface area is 157 Å². The van der Waals surface area contributed by atoms with E-state index in [9.17, 15) is 9.59 Å². The van der Waals surface area contributed by atoms with Gasteiger partial charge in [0.2, 0.25) is 0 Å². The van der Waals surface area contributed by atoms with Gasteiger partial charge in [0.25, 0.3) is 5.91 Å². The second-order valence-corrected chi connectivity index (χ2v) is 6.40. The van der Waals surface area contributed by atoms with Gasteiger partial charge in [0, 0.05) is 11.8 Å². The molecule has 1 heterocycles. The van der Waals surface area contributed by atoms with Crippen LogP contribution < -0.4 is 10.1 Å². The topological polar surface area (TPSA) is 88.5 Å². The first-order valence-corrected chi connectivity index (χ1v) is 8.92. The number of ether oxygens (including phenoxy) is 1. The SMILES string of the molecule is CC(=O)C1=Cc2cc(NC(=O)c3ccc(OCCO)cc3)ncc2CCC1. The standard InChI is InChI=1S/C21H22N2O4/c1-14(25)16-3-2-4-17-13-22-20(12-18(17)11-16)23-21(26)15-5-7-19(8-6-15)27-10-9-24/h5-8,11-13,24H,2-4,9-10H2,1H3,(H,22,23,26). The Kier molecular flexibility index (Phi) is 5.98. The smallest absolute Gasteiger partial charge is 0.256 e. The number of aryl methyl sites for hydroxylation is 1. The second-order valence-electron chi connectivity index (χ2n) is 6.40. The van der Waals surface area contributed by atoms with E-state index in [1.54, 1.807) is 43.5 Å². The molecule has 0 fully saturated rings. The highest BCUT2D eigenvalue weighted by atomic mass is 16.5. The first-order valence-electron chi connectivity index (χ1n) is 8.92. The minimum Gasteiger partial charge on any atom is -0.491 e.